The van der Waals surface area contributed by atoms with Crippen molar-refractivity contribution in [3.05, 3.63) is 104 Å². The Morgan fingerprint density at radius 2 is 1.45 bits per heavy atom. The Kier molecular flexibility index (Phi) is 9.10. The molecule has 1 atom stereocenters. The van der Waals surface area contributed by atoms with Crippen LogP contribution in [-0.4, -0.2) is 4.21 Å². The predicted octanol–water partition coefficient (Wildman–Crippen LogP) is 9.29. The average molecular weight is 627 g/mol. The molecular formula is C35H44Cl2Zr. The molecule has 0 heterocycles. The first kappa shape index (κ1) is 31.0. The van der Waals surface area contributed by atoms with Gasteiger partial charge in [0.1, 0.15) is 0 Å². The van der Waals surface area contributed by atoms with E-state index in [2.05, 4.69) is 120 Å². The summed E-state index contributed by atoms with van der Waals surface area (Å²) in [5.41, 5.74) is 9.18. The van der Waals surface area contributed by atoms with E-state index in [0.717, 1.165) is 23.4 Å². The van der Waals surface area contributed by atoms with Crippen LogP contribution in [0.3, 0.4) is 0 Å². The van der Waals surface area contributed by atoms with Crippen molar-refractivity contribution in [2.75, 3.05) is 0 Å². The minimum atomic E-state index is -4.31. The number of halogens is 2. The van der Waals surface area contributed by atoms with Crippen molar-refractivity contribution in [2.24, 2.45) is 11.3 Å². The third kappa shape index (κ3) is 4.42. The molecule has 0 saturated heterocycles. The van der Waals surface area contributed by atoms with E-state index in [9.17, 15) is 0 Å². The summed E-state index contributed by atoms with van der Waals surface area (Å²) in [6, 6.07) is 27.7. The van der Waals surface area contributed by atoms with Crippen LogP contribution in [0, 0.1) is 11.3 Å². The summed E-state index contributed by atoms with van der Waals surface area (Å²) >= 11 is -4.31. The first-order valence-electron chi connectivity index (χ1n) is 13.9. The van der Waals surface area contributed by atoms with E-state index in [0.29, 0.717) is 5.92 Å². The van der Waals surface area contributed by atoms with Crippen molar-refractivity contribution in [1.29, 1.82) is 0 Å². The van der Waals surface area contributed by atoms with Gasteiger partial charge in [-0.1, -0.05) is 0 Å². The van der Waals surface area contributed by atoms with Crippen molar-refractivity contribution >= 4 is 35.6 Å². The molecule has 0 amide bonds. The topological polar surface area (TPSA) is 0 Å². The SMILES string of the molecule is Cl.Cl.[CH2]=[Zr]([CH2]C)([C]1=C(CC)C(C(C)(C)C)=CC1CC)([c]1ccccc1)[c]1cccc2c1Cc1ccccc1-2. The number of benzene rings is 3. The van der Waals surface area contributed by atoms with Gasteiger partial charge in [0.25, 0.3) is 0 Å². The van der Waals surface area contributed by atoms with Crippen molar-refractivity contribution in [2.45, 2.75) is 64.9 Å². The second-order valence-corrected chi connectivity index (χ2v) is 26.3. The van der Waals surface area contributed by atoms with Gasteiger partial charge in [-0.3, -0.25) is 0 Å². The van der Waals surface area contributed by atoms with Crippen LogP contribution in [-0.2, 0) is 24.7 Å². The van der Waals surface area contributed by atoms with Gasteiger partial charge in [0, 0.05) is 0 Å². The van der Waals surface area contributed by atoms with Crippen LogP contribution >= 0.6 is 24.8 Å². The molecule has 2 aliphatic rings. The zero-order valence-corrected chi connectivity index (χ0v) is 28.0. The Hall–Kier alpha value is -1.53. The molecule has 3 aromatic rings. The molecule has 5 rings (SSSR count). The monoisotopic (exact) mass is 624 g/mol. The van der Waals surface area contributed by atoms with Gasteiger partial charge in [0.2, 0.25) is 0 Å². The maximum absolute atomic E-state index is 5.61. The van der Waals surface area contributed by atoms with E-state index < -0.39 is 18.3 Å². The van der Waals surface area contributed by atoms with E-state index >= 15 is 0 Å². The minimum absolute atomic E-state index is 0. The van der Waals surface area contributed by atoms with Gasteiger partial charge in [0.05, 0.1) is 0 Å². The summed E-state index contributed by atoms with van der Waals surface area (Å²) in [5, 5.41) is 0. The van der Waals surface area contributed by atoms with Gasteiger partial charge in [0.15, 0.2) is 0 Å². The van der Waals surface area contributed by atoms with Gasteiger partial charge in [-0.2, -0.15) is 0 Å². The number of allylic oxidation sites excluding steroid dienone is 4. The Morgan fingerprint density at radius 1 is 0.816 bits per heavy atom. The fourth-order valence-electron chi connectivity index (χ4n) is 7.58. The summed E-state index contributed by atoms with van der Waals surface area (Å²) in [6.45, 7) is 14.4. The zero-order valence-electron chi connectivity index (χ0n) is 23.9. The molecule has 0 N–H and O–H groups in total. The molecule has 2 aliphatic carbocycles. The molecule has 0 saturated carbocycles. The van der Waals surface area contributed by atoms with Crippen LogP contribution in [0.4, 0.5) is 0 Å². The van der Waals surface area contributed by atoms with Gasteiger partial charge < -0.3 is 0 Å². The van der Waals surface area contributed by atoms with Crippen molar-refractivity contribution < 1.29 is 18.3 Å². The third-order valence-corrected chi connectivity index (χ3v) is 26.7. The summed E-state index contributed by atoms with van der Waals surface area (Å²) in [4.78, 5) is 0. The molecule has 0 radical (unpaired) electrons. The van der Waals surface area contributed by atoms with Crippen molar-refractivity contribution in [3.8, 4) is 11.1 Å². The molecule has 1 unspecified atom stereocenters. The zero-order chi connectivity index (χ0) is 25.7. The number of hydrogen-bond donors (Lipinski definition) is 0. The fraction of sp³-hybridized carbons (Fsp3) is 0.343. The Labute approximate surface area is 244 Å². The van der Waals surface area contributed by atoms with Crippen molar-refractivity contribution in [3.63, 3.8) is 0 Å². The van der Waals surface area contributed by atoms with Crippen LogP contribution < -0.4 is 6.54 Å². The normalized spacial score (nSPS) is 16.8. The van der Waals surface area contributed by atoms with Crippen LogP contribution in [0.2, 0.25) is 4.13 Å². The summed E-state index contributed by atoms with van der Waals surface area (Å²) in [5.74, 6) is 0.470. The Bertz CT molecular complexity index is 1450. The molecule has 0 spiro atoms. The molecule has 0 aliphatic heterocycles. The second kappa shape index (κ2) is 11.2. The van der Waals surface area contributed by atoms with Crippen LogP contribution in [0.15, 0.2) is 93.3 Å². The Morgan fingerprint density at radius 3 is 2.05 bits per heavy atom. The molecular weight excluding hydrogens is 583 g/mol. The maximum atomic E-state index is 5.61. The summed E-state index contributed by atoms with van der Waals surface area (Å²) < 4.78 is 11.6. The van der Waals surface area contributed by atoms with Gasteiger partial charge >= 0.3 is 221 Å². The van der Waals surface area contributed by atoms with E-state index in [1.54, 1.807) is 23.3 Å². The average Bonchev–Trinajstić information content (AvgIpc) is 3.48. The van der Waals surface area contributed by atoms with Crippen molar-refractivity contribution in [1.82, 2.24) is 0 Å². The number of rotatable bonds is 6. The Balaban J connectivity index is 0.00000200. The quantitative estimate of drug-likeness (QED) is 0.200. The van der Waals surface area contributed by atoms with Gasteiger partial charge in [-0.05, 0) is 0 Å². The van der Waals surface area contributed by atoms with Crippen LogP contribution in [0.1, 0.15) is 65.5 Å². The summed E-state index contributed by atoms with van der Waals surface area (Å²) in [7, 11) is 0. The molecule has 0 fully saturated rings. The van der Waals surface area contributed by atoms with E-state index in [1.165, 1.54) is 20.0 Å². The van der Waals surface area contributed by atoms with E-state index in [4.69, 9.17) is 4.21 Å². The molecule has 0 bridgehead atoms. The molecule has 3 heteroatoms. The molecule has 0 nitrogen and oxygen atoms in total. The second-order valence-electron chi connectivity index (χ2n) is 12.2. The fourth-order valence-corrected chi connectivity index (χ4v) is 24.2. The third-order valence-electron chi connectivity index (χ3n) is 9.39. The first-order chi connectivity index (χ1) is 17.2. The van der Waals surface area contributed by atoms with E-state index in [-0.39, 0.29) is 30.2 Å². The van der Waals surface area contributed by atoms with Gasteiger partial charge in [-0.25, -0.2) is 0 Å². The molecule has 202 valence electrons. The predicted molar refractivity (Wildman–Crippen MR) is 171 cm³/mol. The van der Waals surface area contributed by atoms with Gasteiger partial charge in [-0.15, -0.1) is 24.8 Å². The first-order valence-corrected chi connectivity index (χ1v) is 21.1. The van der Waals surface area contributed by atoms with Crippen LogP contribution in [0.5, 0.6) is 0 Å². The summed E-state index contributed by atoms with van der Waals surface area (Å²) in [6.07, 6.45) is 5.89. The number of fused-ring (bicyclic) bond motifs is 3. The van der Waals surface area contributed by atoms with E-state index in [1.807, 2.05) is 0 Å². The molecule has 3 aromatic carbocycles. The number of hydrogen-bond acceptors (Lipinski definition) is 0. The standard InChI is InChI=1S/C13H9.C13H21.C6H5.C2H5.CH2.2ClH.Zr/c1-3-7-12-10(5-1)9-11-6-2-4-8-13(11)12;1-6-10-8-11(7-2)12(9-10)13(3,4)5;1-2-4-6-5-3-1;1-2;;;;/h1-5,7-8H,9H2;9-10H,6-7H2,1-5H3;1-5H;1H2,2H3;1H2;2*1H;. The van der Waals surface area contributed by atoms with Crippen LogP contribution in [0.25, 0.3) is 11.1 Å². The molecule has 0 aromatic heterocycles. The molecule has 38 heavy (non-hydrogen) atoms.